The summed E-state index contributed by atoms with van der Waals surface area (Å²) in [5.74, 6) is 1.63. The summed E-state index contributed by atoms with van der Waals surface area (Å²) in [4.78, 5) is 26.9. The maximum absolute atomic E-state index is 12.8. The van der Waals surface area contributed by atoms with E-state index >= 15 is 0 Å². The third-order valence-electron chi connectivity index (χ3n) is 5.51. The van der Waals surface area contributed by atoms with E-state index in [4.69, 9.17) is 4.42 Å². The third-order valence-corrected chi connectivity index (χ3v) is 6.04. The van der Waals surface area contributed by atoms with Crippen molar-refractivity contribution in [2.24, 2.45) is 5.92 Å². The summed E-state index contributed by atoms with van der Waals surface area (Å²) in [5.41, 5.74) is 1.24. The summed E-state index contributed by atoms with van der Waals surface area (Å²) in [6.07, 6.45) is 2.51. The third kappa shape index (κ3) is 4.10. The number of amides is 2. The Labute approximate surface area is 167 Å². The van der Waals surface area contributed by atoms with Gasteiger partial charge in [0.2, 0.25) is 5.91 Å². The van der Waals surface area contributed by atoms with Crippen molar-refractivity contribution in [1.29, 1.82) is 0 Å². The lowest BCUT2D eigenvalue weighted by molar-refractivity contribution is -0.133. The van der Waals surface area contributed by atoms with Crippen LogP contribution in [-0.4, -0.2) is 35.8 Å². The SMILES string of the molecule is Cc1ccc(C(=O)NC2CCN(C(=O)C3CC3c3ccc(Br)cc3)CC2)o1. The van der Waals surface area contributed by atoms with E-state index in [1.165, 1.54) is 5.56 Å². The topological polar surface area (TPSA) is 62.6 Å². The van der Waals surface area contributed by atoms with Crippen LogP contribution in [0.2, 0.25) is 0 Å². The first-order chi connectivity index (χ1) is 13.0. The Hall–Kier alpha value is -2.08. The average Bonchev–Trinajstić information content (AvgIpc) is 3.35. The molecule has 2 aliphatic rings. The number of carbonyl (C=O) groups is 2. The Morgan fingerprint density at radius 3 is 2.44 bits per heavy atom. The Morgan fingerprint density at radius 1 is 1.11 bits per heavy atom. The second-order valence-electron chi connectivity index (χ2n) is 7.48. The van der Waals surface area contributed by atoms with Gasteiger partial charge in [-0.25, -0.2) is 0 Å². The van der Waals surface area contributed by atoms with Crippen LogP contribution < -0.4 is 5.32 Å². The van der Waals surface area contributed by atoms with E-state index in [0.29, 0.717) is 24.8 Å². The molecule has 5 nitrogen and oxygen atoms in total. The van der Waals surface area contributed by atoms with E-state index in [-0.39, 0.29) is 23.8 Å². The van der Waals surface area contributed by atoms with Crippen molar-refractivity contribution in [3.8, 4) is 0 Å². The number of likely N-dealkylation sites (tertiary alicyclic amines) is 1. The lowest BCUT2D eigenvalue weighted by Crippen LogP contribution is -2.47. The minimum absolute atomic E-state index is 0.0911. The van der Waals surface area contributed by atoms with Gasteiger partial charge in [0.15, 0.2) is 5.76 Å². The number of carbonyl (C=O) groups excluding carboxylic acids is 2. The number of nitrogens with one attached hydrogen (secondary N) is 1. The van der Waals surface area contributed by atoms with E-state index in [9.17, 15) is 9.59 Å². The van der Waals surface area contributed by atoms with Gasteiger partial charge in [-0.2, -0.15) is 0 Å². The predicted molar refractivity (Wildman–Crippen MR) is 106 cm³/mol. The van der Waals surface area contributed by atoms with Gasteiger partial charge in [-0.15, -0.1) is 0 Å². The van der Waals surface area contributed by atoms with Crippen molar-refractivity contribution in [2.45, 2.75) is 38.1 Å². The standard InChI is InChI=1S/C21H23BrN2O3/c1-13-2-7-19(27-13)20(25)23-16-8-10-24(11-9-16)21(26)18-12-17(18)14-3-5-15(22)6-4-14/h2-7,16-18H,8-12H2,1H3,(H,23,25). The number of hydrogen-bond acceptors (Lipinski definition) is 3. The summed E-state index contributed by atoms with van der Waals surface area (Å²) in [6.45, 7) is 3.22. The van der Waals surface area contributed by atoms with E-state index in [2.05, 4.69) is 33.4 Å². The zero-order chi connectivity index (χ0) is 19.0. The average molecular weight is 431 g/mol. The molecule has 4 rings (SSSR count). The molecule has 1 aromatic heterocycles. The van der Waals surface area contributed by atoms with Gasteiger partial charge in [-0.05, 0) is 61.9 Å². The zero-order valence-corrected chi connectivity index (χ0v) is 16.9. The Balaban J connectivity index is 1.26. The summed E-state index contributed by atoms with van der Waals surface area (Å²) in [6, 6.07) is 11.8. The van der Waals surface area contributed by atoms with Crippen molar-refractivity contribution >= 4 is 27.7 Å². The van der Waals surface area contributed by atoms with Crippen molar-refractivity contribution in [3.05, 3.63) is 58.0 Å². The molecule has 1 aliphatic heterocycles. The van der Waals surface area contributed by atoms with Crippen molar-refractivity contribution in [3.63, 3.8) is 0 Å². The molecule has 142 valence electrons. The highest BCUT2D eigenvalue weighted by Gasteiger charge is 2.46. The summed E-state index contributed by atoms with van der Waals surface area (Å²) in [5, 5.41) is 3.02. The highest BCUT2D eigenvalue weighted by molar-refractivity contribution is 9.10. The van der Waals surface area contributed by atoms with Crippen LogP contribution in [0.5, 0.6) is 0 Å². The van der Waals surface area contributed by atoms with E-state index in [1.807, 2.05) is 24.0 Å². The number of benzene rings is 1. The fraction of sp³-hybridized carbons (Fsp3) is 0.429. The lowest BCUT2D eigenvalue weighted by Gasteiger charge is -2.32. The van der Waals surface area contributed by atoms with Gasteiger partial charge >= 0.3 is 0 Å². The molecule has 1 aromatic carbocycles. The molecule has 2 aromatic rings. The molecule has 1 N–H and O–H groups in total. The Kier molecular flexibility index (Phi) is 5.08. The first kappa shape index (κ1) is 18.3. The number of nitrogens with zero attached hydrogens (tertiary/aromatic N) is 1. The van der Waals surface area contributed by atoms with E-state index in [0.717, 1.165) is 29.5 Å². The highest BCUT2D eigenvalue weighted by Crippen LogP contribution is 2.48. The molecule has 1 saturated heterocycles. The van der Waals surface area contributed by atoms with Gasteiger partial charge in [0, 0.05) is 29.5 Å². The maximum Gasteiger partial charge on any atom is 0.287 e. The monoisotopic (exact) mass is 430 g/mol. The molecule has 2 fully saturated rings. The summed E-state index contributed by atoms with van der Waals surface area (Å²) >= 11 is 3.45. The number of halogens is 1. The van der Waals surface area contributed by atoms with Gasteiger partial charge < -0.3 is 14.6 Å². The van der Waals surface area contributed by atoms with Crippen LogP contribution in [0.15, 0.2) is 45.3 Å². The molecule has 2 unspecified atom stereocenters. The Morgan fingerprint density at radius 2 is 1.81 bits per heavy atom. The van der Waals surface area contributed by atoms with Crippen LogP contribution in [0.25, 0.3) is 0 Å². The molecule has 0 bridgehead atoms. The molecule has 2 amide bonds. The number of furan rings is 1. The van der Waals surface area contributed by atoms with Gasteiger partial charge in [0.1, 0.15) is 5.76 Å². The zero-order valence-electron chi connectivity index (χ0n) is 15.3. The van der Waals surface area contributed by atoms with Gasteiger partial charge in [0.05, 0.1) is 0 Å². The second-order valence-corrected chi connectivity index (χ2v) is 8.40. The maximum atomic E-state index is 12.8. The quantitative estimate of drug-likeness (QED) is 0.800. The van der Waals surface area contributed by atoms with Crippen LogP contribution >= 0.6 is 15.9 Å². The number of rotatable bonds is 4. The molecule has 2 atom stereocenters. The van der Waals surface area contributed by atoms with Crippen molar-refractivity contribution in [1.82, 2.24) is 10.2 Å². The van der Waals surface area contributed by atoms with Gasteiger partial charge in [-0.3, -0.25) is 9.59 Å². The summed E-state index contributed by atoms with van der Waals surface area (Å²) in [7, 11) is 0. The Bertz CT molecular complexity index is 837. The molecule has 0 spiro atoms. The lowest BCUT2D eigenvalue weighted by atomic mass is 10.0. The normalized spacial score (nSPS) is 22.5. The fourth-order valence-electron chi connectivity index (χ4n) is 3.84. The van der Waals surface area contributed by atoms with Gasteiger partial charge in [0.25, 0.3) is 5.91 Å². The van der Waals surface area contributed by atoms with E-state index < -0.39 is 0 Å². The minimum Gasteiger partial charge on any atom is -0.456 e. The molecule has 0 radical (unpaired) electrons. The fourth-order valence-corrected chi connectivity index (χ4v) is 4.10. The van der Waals surface area contributed by atoms with Crippen LogP contribution in [0.3, 0.4) is 0 Å². The molecule has 2 heterocycles. The first-order valence-electron chi connectivity index (χ1n) is 9.43. The molecule has 6 heteroatoms. The summed E-state index contributed by atoms with van der Waals surface area (Å²) < 4.78 is 6.43. The minimum atomic E-state index is -0.176. The van der Waals surface area contributed by atoms with E-state index in [1.54, 1.807) is 12.1 Å². The van der Waals surface area contributed by atoms with Gasteiger partial charge in [-0.1, -0.05) is 28.1 Å². The molecule has 1 aliphatic carbocycles. The smallest absolute Gasteiger partial charge is 0.287 e. The van der Waals surface area contributed by atoms with Crippen molar-refractivity contribution < 1.29 is 14.0 Å². The first-order valence-corrected chi connectivity index (χ1v) is 10.2. The molecular weight excluding hydrogens is 408 g/mol. The van der Waals surface area contributed by atoms with Crippen LogP contribution in [0.1, 0.15) is 47.1 Å². The van der Waals surface area contributed by atoms with Crippen LogP contribution in [0, 0.1) is 12.8 Å². The second kappa shape index (κ2) is 7.50. The van der Waals surface area contributed by atoms with Crippen molar-refractivity contribution in [2.75, 3.05) is 13.1 Å². The number of aryl methyl sites for hydroxylation is 1. The number of piperidine rings is 1. The predicted octanol–water partition coefficient (Wildman–Crippen LogP) is 3.88. The highest BCUT2D eigenvalue weighted by atomic mass is 79.9. The molecular formula is C21H23BrN2O3. The van der Waals surface area contributed by atoms with Crippen LogP contribution in [-0.2, 0) is 4.79 Å². The largest absolute Gasteiger partial charge is 0.456 e. The number of hydrogen-bond donors (Lipinski definition) is 1. The molecule has 1 saturated carbocycles. The van der Waals surface area contributed by atoms with Crippen LogP contribution in [0.4, 0.5) is 0 Å². The molecule has 27 heavy (non-hydrogen) atoms.